The standard InChI is InChI=1S/C25H29N5O2.ClH/c1-3-26-21(7-5-4-6-8-23(31)25-27-13-14-32-25)24-28-16-22(30-24)19-11-12-20-18(15-19)10-9-17(2)29-20;/h9-16,21,26H,3-8H2,1-2H3,(H,28,30);1H. The molecule has 4 aromatic rings. The Bertz CT molecular complexity index is 1170. The number of unbranched alkanes of at least 4 members (excludes halogenated alkanes) is 2. The summed E-state index contributed by atoms with van der Waals surface area (Å²) in [6.45, 7) is 4.97. The number of ketones is 1. The van der Waals surface area contributed by atoms with E-state index < -0.39 is 0 Å². The summed E-state index contributed by atoms with van der Waals surface area (Å²) in [4.78, 5) is 28.6. The van der Waals surface area contributed by atoms with E-state index in [1.807, 2.05) is 19.2 Å². The molecule has 1 atom stereocenters. The second-order valence-corrected chi connectivity index (χ2v) is 8.01. The van der Waals surface area contributed by atoms with Crippen LogP contribution in [0.5, 0.6) is 0 Å². The van der Waals surface area contributed by atoms with Gasteiger partial charge >= 0.3 is 0 Å². The minimum absolute atomic E-state index is 0. The second kappa shape index (κ2) is 11.7. The van der Waals surface area contributed by atoms with Crippen LogP contribution in [-0.2, 0) is 0 Å². The summed E-state index contributed by atoms with van der Waals surface area (Å²) in [5.41, 5.74) is 4.12. The zero-order chi connectivity index (χ0) is 22.3. The molecule has 0 spiro atoms. The van der Waals surface area contributed by atoms with Crippen molar-refractivity contribution in [2.75, 3.05) is 6.54 Å². The molecule has 2 N–H and O–H groups in total. The maximum Gasteiger partial charge on any atom is 0.263 e. The van der Waals surface area contributed by atoms with Gasteiger partial charge in [-0.15, -0.1) is 12.4 Å². The lowest BCUT2D eigenvalue weighted by molar-refractivity contribution is 0.0945. The number of imidazole rings is 1. The Hall–Kier alpha value is -3.03. The van der Waals surface area contributed by atoms with E-state index in [9.17, 15) is 4.79 Å². The number of oxazole rings is 1. The molecule has 0 aliphatic rings. The fourth-order valence-electron chi connectivity index (χ4n) is 3.92. The lowest BCUT2D eigenvalue weighted by Crippen LogP contribution is -2.22. The molecule has 0 saturated heterocycles. The summed E-state index contributed by atoms with van der Waals surface area (Å²) in [6, 6.07) is 10.6. The molecule has 0 saturated carbocycles. The molecular formula is C25H30ClN5O2. The highest BCUT2D eigenvalue weighted by atomic mass is 35.5. The Labute approximate surface area is 199 Å². The van der Waals surface area contributed by atoms with Crippen LogP contribution in [0, 0.1) is 6.92 Å². The van der Waals surface area contributed by atoms with E-state index in [-0.39, 0.29) is 30.1 Å². The number of H-pyrrole nitrogens is 1. The fraction of sp³-hybridized carbons (Fsp3) is 0.360. The summed E-state index contributed by atoms with van der Waals surface area (Å²) in [6.07, 6.45) is 9.06. The van der Waals surface area contributed by atoms with Crippen molar-refractivity contribution < 1.29 is 9.21 Å². The molecule has 0 aliphatic heterocycles. The molecule has 0 aliphatic carbocycles. The van der Waals surface area contributed by atoms with Crippen LogP contribution < -0.4 is 5.32 Å². The van der Waals surface area contributed by atoms with E-state index in [0.29, 0.717) is 6.42 Å². The molecule has 1 aromatic carbocycles. The van der Waals surface area contributed by atoms with E-state index in [1.165, 1.54) is 12.5 Å². The van der Waals surface area contributed by atoms with Crippen LogP contribution in [-0.4, -0.2) is 32.3 Å². The molecule has 0 amide bonds. The molecule has 4 rings (SSSR count). The van der Waals surface area contributed by atoms with Crippen molar-refractivity contribution in [3.63, 3.8) is 0 Å². The molecule has 0 bridgehead atoms. The minimum Gasteiger partial charge on any atom is -0.442 e. The average Bonchev–Trinajstić information content (AvgIpc) is 3.50. The molecule has 8 heteroatoms. The summed E-state index contributed by atoms with van der Waals surface area (Å²) in [5.74, 6) is 1.12. The number of nitrogens with one attached hydrogen (secondary N) is 2. The highest BCUT2D eigenvalue weighted by Gasteiger charge is 2.15. The van der Waals surface area contributed by atoms with Gasteiger partial charge in [-0.1, -0.05) is 31.9 Å². The van der Waals surface area contributed by atoms with E-state index in [0.717, 1.165) is 65.9 Å². The van der Waals surface area contributed by atoms with Gasteiger partial charge in [0, 0.05) is 23.1 Å². The van der Waals surface area contributed by atoms with Gasteiger partial charge in [-0.25, -0.2) is 9.97 Å². The summed E-state index contributed by atoms with van der Waals surface area (Å²) in [5, 5.41) is 4.64. The van der Waals surface area contributed by atoms with Crippen LogP contribution >= 0.6 is 12.4 Å². The zero-order valence-electron chi connectivity index (χ0n) is 19.0. The van der Waals surface area contributed by atoms with Crippen LogP contribution in [0.25, 0.3) is 22.2 Å². The molecule has 33 heavy (non-hydrogen) atoms. The smallest absolute Gasteiger partial charge is 0.263 e. The first-order valence-electron chi connectivity index (χ1n) is 11.2. The van der Waals surface area contributed by atoms with Crippen LogP contribution in [0.15, 0.2) is 53.4 Å². The lowest BCUT2D eigenvalue weighted by Gasteiger charge is -2.15. The van der Waals surface area contributed by atoms with Gasteiger partial charge in [0.25, 0.3) is 5.89 Å². The number of aromatic nitrogens is 4. The van der Waals surface area contributed by atoms with Crippen molar-refractivity contribution in [3.8, 4) is 11.3 Å². The Kier molecular flexibility index (Phi) is 8.74. The summed E-state index contributed by atoms with van der Waals surface area (Å²) in [7, 11) is 0. The molecule has 7 nitrogen and oxygen atoms in total. The van der Waals surface area contributed by atoms with Gasteiger partial charge in [-0.3, -0.25) is 9.78 Å². The number of hydrogen-bond acceptors (Lipinski definition) is 6. The van der Waals surface area contributed by atoms with Gasteiger partial charge in [0.2, 0.25) is 5.78 Å². The van der Waals surface area contributed by atoms with Gasteiger partial charge in [0.1, 0.15) is 12.1 Å². The molecule has 174 valence electrons. The van der Waals surface area contributed by atoms with E-state index >= 15 is 0 Å². The SMILES string of the molecule is CCNC(CCCCCC(=O)c1ncco1)c1ncc(-c2ccc3nc(C)ccc3c2)[nH]1.Cl. The number of pyridine rings is 1. The first-order valence-corrected chi connectivity index (χ1v) is 11.2. The van der Waals surface area contributed by atoms with Gasteiger partial charge in [0.05, 0.1) is 29.6 Å². The number of carbonyl (C=O) groups excluding carboxylic acids is 1. The lowest BCUT2D eigenvalue weighted by atomic mass is 10.1. The monoisotopic (exact) mass is 467 g/mol. The summed E-state index contributed by atoms with van der Waals surface area (Å²) < 4.78 is 5.06. The Balaban J connectivity index is 0.00000306. The third-order valence-corrected chi connectivity index (χ3v) is 5.58. The average molecular weight is 468 g/mol. The quantitative estimate of drug-likeness (QED) is 0.213. The maximum absolute atomic E-state index is 12.0. The molecule has 1 unspecified atom stereocenters. The Morgan fingerprint density at radius 3 is 2.82 bits per heavy atom. The molecular weight excluding hydrogens is 438 g/mol. The van der Waals surface area contributed by atoms with Gasteiger partial charge < -0.3 is 14.7 Å². The molecule has 0 fully saturated rings. The van der Waals surface area contributed by atoms with Crippen LogP contribution in [0.3, 0.4) is 0 Å². The van der Waals surface area contributed by atoms with Crippen LogP contribution in [0.4, 0.5) is 0 Å². The number of rotatable bonds is 11. The predicted molar refractivity (Wildman–Crippen MR) is 132 cm³/mol. The number of fused-ring (bicyclic) bond motifs is 1. The Morgan fingerprint density at radius 1 is 1.15 bits per heavy atom. The minimum atomic E-state index is -0.0327. The molecule has 0 radical (unpaired) electrons. The first-order chi connectivity index (χ1) is 15.6. The van der Waals surface area contributed by atoms with Crippen molar-refractivity contribution in [1.29, 1.82) is 0 Å². The highest BCUT2D eigenvalue weighted by molar-refractivity contribution is 5.91. The van der Waals surface area contributed by atoms with Gasteiger partial charge in [0.15, 0.2) is 0 Å². The molecule has 3 aromatic heterocycles. The van der Waals surface area contributed by atoms with Gasteiger partial charge in [-0.2, -0.15) is 0 Å². The Morgan fingerprint density at radius 2 is 2.03 bits per heavy atom. The first kappa shape index (κ1) is 24.6. The fourth-order valence-corrected chi connectivity index (χ4v) is 3.92. The number of Topliss-reactive ketones (excluding diaryl/α,β-unsaturated/α-hetero) is 1. The maximum atomic E-state index is 12.0. The van der Waals surface area contributed by atoms with E-state index in [4.69, 9.17) is 4.42 Å². The number of hydrogen-bond donors (Lipinski definition) is 2. The number of benzene rings is 1. The third kappa shape index (κ3) is 6.27. The van der Waals surface area contributed by atoms with Gasteiger partial charge in [-0.05, 0) is 44.5 Å². The number of halogens is 1. The predicted octanol–water partition coefficient (Wildman–Crippen LogP) is 5.83. The van der Waals surface area contributed by atoms with E-state index in [1.54, 1.807) is 0 Å². The van der Waals surface area contributed by atoms with Crippen molar-refractivity contribution in [2.45, 2.75) is 52.0 Å². The third-order valence-electron chi connectivity index (χ3n) is 5.58. The van der Waals surface area contributed by atoms with Crippen LogP contribution in [0.1, 0.15) is 67.3 Å². The van der Waals surface area contributed by atoms with E-state index in [2.05, 4.69) is 56.4 Å². The van der Waals surface area contributed by atoms with Crippen molar-refractivity contribution in [2.24, 2.45) is 0 Å². The van der Waals surface area contributed by atoms with Crippen LogP contribution in [0.2, 0.25) is 0 Å². The zero-order valence-corrected chi connectivity index (χ0v) is 19.8. The number of nitrogens with zero attached hydrogens (tertiary/aromatic N) is 3. The van der Waals surface area contributed by atoms with Crippen molar-refractivity contribution in [1.82, 2.24) is 25.3 Å². The second-order valence-electron chi connectivity index (χ2n) is 8.01. The number of aryl methyl sites for hydroxylation is 1. The number of carbonyl (C=O) groups is 1. The highest BCUT2D eigenvalue weighted by Crippen LogP contribution is 2.25. The topological polar surface area (TPSA) is 96.7 Å². The largest absolute Gasteiger partial charge is 0.442 e. The normalized spacial score (nSPS) is 11.9. The molecule has 3 heterocycles. The van der Waals surface area contributed by atoms with Crippen molar-refractivity contribution >= 4 is 29.1 Å². The number of aromatic amines is 1. The van der Waals surface area contributed by atoms with Crippen molar-refractivity contribution in [3.05, 3.63) is 66.4 Å². The summed E-state index contributed by atoms with van der Waals surface area (Å²) >= 11 is 0.